The molecule has 2 amide bonds. The zero-order valence-electron chi connectivity index (χ0n) is 10.6. The molecule has 0 unspecified atom stereocenters. The maximum absolute atomic E-state index is 11.6. The summed E-state index contributed by atoms with van der Waals surface area (Å²) in [5.74, 6) is -0.886. The Morgan fingerprint density at radius 2 is 1.85 bits per heavy atom. The van der Waals surface area contributed by atoms with Crippen LogP contribution in [0.15, 0.2) is 47.3 Å². The van der Waals surface area contributed by atoms with Crippen LogP contribution in [-0.4, -0.2) is 17.1 Å². The van der Waals surface area contributed by atoms with Gasteiger partial charge in [0.25, 0.3) is 0 Å². The fraction of sp³-hybridized carbons (Fsp3) is 0.143. The molecule has 0 bridgehead atoms. The first-order chi connectivity index (χ1) is 9.63. The molecule has 0 saturated heterocycles. The van der Waals surface area contributed by atoms with Gasteiger partial charge in [-0.15, -0.1) is 0 Å². The molecule has 6 heteroatoms. The lowest BCUT2D eigenvalue weighted by Gasteiger charge is -2.07. The smallest absolute Gasteiger partial charge is 0.319 e. The summed E-state index contributed by atoms with van der Waals surface area (Å²) in [6.07, 6.45) is 3.06. The molecule has 104 valence electrons. The Morgan fingerprint density at radius 3 is 2.45 bits per heavy atom. The standard InChI is InChI=1S/C14H14N2O4/c17-13(18)7-10-1-3-12(4-2-10)16-14(19)15-8-11-5-6-20-9-11/h1-6,9H,7-8H2,(H,17,18)(H2,15,16,19). The first-order valence-electron chi connectivity index (χ1n) is 6.00. The van der Waals surface area contributed by atoms with Gasteiger partial charge in [-0.05, 0) is 23.8 Å². The summed E-state index contributed by atoms with van der Waals surface area (Å²) < 4.78 is 4.89. The van der Waals surface area contributed by atoms with Crippen LogP contribution in [-0.2, 0) is 17.8 Å². The van der Waals surface area contributed by atoms with Crippen LogP contribution in [0, 0.1) is 0 Å². The van der Waals surface area contributed by atoms with Gasteiger partial charge in [-0.3, -0.25) is 4.79 Å². The first-order valence-corrected chi connectivity index (χ1v) is 6.00. The lowest BCUT2D eigenvalue weighted by molar-refractivity contribution is -0.136. The number of anilines is 1. The summed E-state index contributed by atoms with van der Waals surface area (Å²) in [7, 11) is 0. The third-order valence-electron chi connectivity index (χ3n) is 2.60. The van der Waals surface area contributed by atoms with Gasteiger partial charge in [0.05, 0.1) is 18.9 Å². The van der Waals surface area contributed by atoms with Crippen LogP contribution < -0.4 is 10.6 Å². The predicted octanol–water partition coefficient (Wildman–Crippen LogP) is 2.23. The van der Waals surface area contributed by atoms with Crippen LogP contribution in [0.4, 0.5) is 10.5 Å². The van der Waals surface area contributed by atoms with Gasteiger partial charge in [0.15, 0.2) is 0 Å². The topological polar surface area (TPSA) is 91.6 Å². The van der Waals surface area contributed by atoms with Crippen LogP contribution in [0.1, 0.15) is 11.1 Å². The highest BCUT2D eigenvalue weighted by atomic mass is 16.4. The van der Waals surface area contributed by atoms with Crippen molar-refractivity contribution in [2.75, 3.05) is 5.32 Å². The molecule has 0 aliphatic rings. The van der Waals surface area contributed by atoms with E-state index in [1.807, 2.05) is 0 Å². The maximum atomic E-state index is 11.6. The average Bonchev–Trinajstić information content (AvgIpc) is 2.91. The maximum Gasteiger partial charge on any atom is 0.319 e. The van der Waals surface area contributed by atoms with Crippen LogP contribution in [0.2, 0.25) is 0 Å². The fourth-order valence-electron chi connectivity index (χ4n) is 1.63. The number of urea groups is 1. The summed E-state index contributed by atoms with van der Waals surface area (Å²) in [5.41, 5.74) is 2.16. The zero-order chi connectivity index (χ0) is 14.4. The Balaban J connectivity index is 1.83. The molecule has 0 saturated carbocycles. The van der Waals surface area contributed by atoms with Gasteiger partial charge in [0.1, 0.15) is 0 Å². The van der Waals surface area contributed by atoms with Crippen molar-refractivity contribution in [3.63, 3.8) is 0 Å². The number of rotatable bonds is 5. The van der Waals surface area contributed by atoms with Gasteiger partial charge in [0, 0.05) is 17.8 Å². The summed E-state index contributed by atoms with van der Waals surface area (Å²) >= 11 is 0. The van der Waals surface area contributed by atoms with Crippen molar-refractivity contribution >= 4 is 17.7 Å². The van der Waals surface area contributed by atoms with Gasteiger partial charge in [0.2, 0.25) is 0 Å². The molecule has 1 aromatic carbocycles. The number of carbonyl (C=O) groups is 2. The van der Waals surface area contributed by atoms with E-state index in [2.05, 4.69) is 10.6 Å². The molecular formula is C14H14N2O4. The Labute approximate surface area is 115 Å². The highest BCUT2D eigenvalue weighted by Crippen LogP contribution is 2.10. The van der Waals surface area contributed by atoms with E-state index in [1.54, 1.807) is 36.6 Å². The number of carboxylic acids is 1. The minimum atomic E-state index is -0.886. The molecule has 0 aliphatic heterocycles. The van der Waals surface area contributed by atoms with Crippen molar-refractivity contribution in [2.45, 2.75) is 13.0 Å². The van der Waals surface area contributed by atoms with E-state index in [0.717, 1.165) is 5.56 Å². The molecular weight excluding hydrogens is 260 g/mol. The number of amides is 2. The minimum Gasteiger partial charge on any atom is -0.481 e. The molecule has 1 heterocycles. The van der Waals surface area contributed by atoms with E-state index in [-0.39, 0.29) is 12.5 Å². The summed E-state index contributed by atoms with van der Waals surface area (Å²) in [5, 5.41) is 14.0. The fourth-order valence-corrected chi connectivity index (χ4v) is 1.63. The summed E-state index contributed by atoms with van der Waals surface area (Å²) in [6, 6.07) is 8.09. The van der Waals surface area contributed by atoms with Crippen molar-refractivity contribution in [1.82, 2.24) is 5.32 Å². The first kappa shape index (κ1) is 13.7. The van der Waals surface area contributed by atoms with Crippen molar-refractivity contribution in [3.05, 3.63) is 54.0 Å². The Kier molecular flexibility index (Phi) is 4.39. The van der Waals surface area contributed by atoms with Gasteiger partial charge in [-0.25, -0.2) is 4.79 Å². The van der Waals surface area contributed by atoms with E-state index in [1.165, 1.54) is 6.26 Å². The lowest BCUT2D eigenvalue weighted by atomic mass is 10.1. The molecule has 0 atom stereocenters. The second kappa shape index (κ2) is 6.42. The molecule has 2 aromatic rings. The third kappa shape index (κ3) is 4.16. The molecule has 0 aliphatic carbocycles. The second-order valence-electron chi connectivity index (χ2n) is 4.21. The Morgan fingerprint density at radius 1 is 1.10 bits per heavy atom. The number of aliphatic carboxylic acids is 1. The van der Waals surface area contributed by atoms with Crippen LogP contribution in [0.5, 0.6) is 0 Å². The number of carbonyl (C=O) groups excluding carboxylic acids is 1. The molecule has 3 N–H and O–H groups in total. The van der Waals surface area contributed by atoms with Gasteiger partial charge in [-0.1, -0.05) is 12.1 Å². The number of carboxylic acid groups (broad SMARTS) is 1. The molecule has 6 nitrogen and oxygen atoms in total. The largest absolute Gasteiger partial charge is 0.481 e. The lowest BCUT2D eigenvalue weighted by Crippen LogP contribution is -2.27. The Hall–Kier alpha value is -2.76. The van der Waals surface area contributed by atoms with Crippen molar-refractivity contribution < 1.29 is 19.1 Å². The van der Waals surface area contributed by atoms with Crippen LogP contribution >= 0.6 is 0 Å². The van der Waals surface area contributed by atoms with Gasteiger partial charge in [-0.2, -0.15) is 0 Å². The molecule has 2 rings (SSSR count). The van der Waals surface area contributed by atoms with Crippen molar-refractivity contribution in [1.29, 1.82) is 0 Å². The van der Waals surface area contributed by atoms with Crippen LogP contribution in [0.3, 0.4) is 0 Å². The number of benzene rings is 1. The van der Waals surface area contributed by atoms with E-state index in [0.29, 0.717) is 17.8 Å². The SMILES string of the molecule is O=C(O)Cc1ccc(NC(=O)NCc2ccoc2)cc1. The minimum absolute atomic E-state index is 0.0348. The zero-order valence-corrected chi connectivity index (χ0v) is 10.6. The summed E-state index contributed by atoms with van der Waals surface area (Å²) in [4.78, 5) is 22.2. The summed E-state index contributed by atoms with van der Waals surface area (Å²) in [6.45, 7) is 0.374. The van der Waals surface area contributed by atoms with E-state index in [9.17, 15) is 9.59 Å². The molecule has 0 fully saturated rings. The van der Waals surface area contributed by atoms with E-state index in [4.69, 9.17) is 9.52 Å². The quantitative estimate of drug-likeness (QED) is 0.779. The molecule has 0 radical (unpaired) electrons. The number of furan rings is 1. The van der Waals surface area contributed by atoms with Crippen molar-refractivity contribution in [2.24, 2.45) is 0 Å². The molecule has 1 aromatic heterocycles. The monoisotopic (exact) mass is 274 g/mol. The predicted molar refractivity (Wildman–Crippen MR) is 72.3 cm³/mol. The van der Waals surface area contributed by atoms with Crippen LogP contribution in [0.25, 0.3) is 0 Å². The molecule has 20 heavy (non-hydrogen) atoms. The third-order valence-corrected chi connectivity index (χ3v) is 2.60. The van der Waals surface area contributed by atoms with E-state index < -0.39 is 5.97 Å². The normalized spacial score (nSPS) is 10.0. The Bertz CT molecular complexity index is 576. The van der Waals surface area contributed by atoms with Gasteiger partial charge < -0.3 is 20.2 Å². The van der Waals surface area contributed by atoms with E-state index >= 15 is 0 Å². The number of nitrogens with one attached hydrogen (secondary N) is 2. The second-order valence-corrected chi connectivity index (χ2v) is 4.21. The highest BCUT2D eigenvalue weighted by molar-refractivity contribution is 5.89. The van der Waals surface area contributed by atoms with Crippen molar-refractivity contribution in [3.8, 4) is 0 Å². The number of hydrogen-bond acceptors (Lipinski definition) is 3. The van der Waals surface area contributed by atoms with Gasteiger partial charge >= 0.3 is 12.0 Å². The average molecular weight is 274 g/mol. The highest BCUT2D eigenvalue weighted by Gasteiger charge is 2.04. The molecule has 0 spiro atoms. The number of hydrogen-bond donors (Lipinski definition) is 3.